The summed E-state index contributed by atoms with van der Waals surface area (Å²) in [4.78, 5) is 2.47. The predicted molar refractivity (Wildman–Crippen MR) is 71.8 cm³/mol. The predicted octanol–water partition coefficient (Wildman–Crippen LogP) is 2.53. The highest BCUT2D eigenvalue weighted by Gasteiger charge is 2.39. The van der Waals surface area contributed by atoms with Crippen molar-refractivity contribution in [2.75, 3.05) is 14.1 Å². The average Bonchev–Trinajstić information content (AvgIpc) is 2.37. The molecule has 2 unspecified atom stereocenters. The van der Waals surface area contributed by atoms with E-state index in [1.807, 2.05) is 7.05 Å². The Morgan fingerprint density at radius 2 is 2.18 bits per heavy atom. The number of hydrogen-bond acceptors (Lipinski definition) is 3. The summed E-state index contributed by atoms with van der Waals surface area (Å²) in [5, 5.41) is 12.6. The first-order chi connectivity index (χ1) is 7.90. The Morgan fingerprint density at radius 1 is 1.53 bits per heavy atom. The zero-order chi connectivity index (χ0) is 13.1. The van der Waals surface area contributed by atoms with Gasteiger partial charge in [0.25, 0.3) is 0 Å². The number of hydrogen-bond donors (Lipinski definition) is 1. The maximum atomic E-state index is 9.37. The van der Waals surface area contributed by atoms with E-state index in [4.69, 9.17) is 0 Å². The fourth-order valence-corrected chi connectivity index (χ4v) is 2.70. The first-order valence-corrected chi connectivity index (χ1v) is 6.74. The molecule has 0 aromatic heterocycles. The summed E-state index contributed by atoms with van der Waals surface area (Å²) < 4.78 is 0. The number of rotatable bonds is 4. The Morgan fingerprint density at radius 3 is 2.65 bits per heavy atom. The molecule has 0 heterocycles. The Labute approximate surface area is 106 Å². The van der Waals surface area contributed by atoms with Gasteiger partial charge < -0.3 is 5.32 Å². The van der Waals surface area contributed by atoms with E-state index in [0.717, 1.165) is 25.7 Å². The van der Waals surface area contributed by atoms with Gasteiger partial charge in [0.1, 0.15) is 5.54 Å². The second kappa shape index (κ2) is 5.37. The van der Waals surface area contributed by atoms with Crippen LogP contribution in [0.15, 0.2) is 0 Å². The smallest absolute Gasteiger partial charge is 0.108 e. The van der Waals surface area contributed by atoms with Crippen LogP contribution >= 0.6 is 0 Å². The van der Waals surface area contributed by atoms with Gasteiger partial charge in [-0.1, -0.05) is 6.92 Å². The minimum atomic E-state index is -0.305. The van der Waals surface area contributed by atoms with Crippen LogP contribution in [0.3, 0.4) is 0 Å². The van der Waals surface area contributed by atoms with Crippen LogP contribution in [0.1, 0.15) is 52.9 Å². The molecule has 1 saturated carbocycles. The third kappa shape index (κ3) is 3.00. The van der Waals surface area contributed by atoms with Crippen molar-refractivity contribution in [2.45, 2.75) is 70.0 Å². The maximum Gasteiger partial charge on any atom is 0.108 e. The average molecular weight is 237 g/mol. The zero-order valence-electron chi connectivity index (χ0n) is 12.0. The van der Waals surface area contributed by atoms with Gasteiger partial charge >= 0.3 is 0 Å². The first-order valence-electron chi connectivity index (χ1n) is 6.74. The summed E-state index contributed by atoms with van der Waals surface area (Å²) in [5.74, 6) is 0. The minimum absolute atomic E-state index is 0.219. The number of nitrogens with one attached hydrogen (secondary N) is 1. The maximum absolute atomic E-state index is 9.37. The molecule has 1 N–H and O–H groups in total. The van der Waals surface area contributed by atoms with Crippen molar-refractivity contribution in [1.29, 1.82) is 5.26 Å². The largest absolute Gasteiger partial charge is 0.302 e. The van der Waals surface area contributed by atoms with Crippen LogP contribution < -0.4 is 5.32 Å². The van der Waals surface area contributed by atoms with Gasteiger partial charge in [0.15, 0.2) is 0 Å². The third-order valence-corrected chi connectivity index (χ3v) is 4.79. The van der Waals surface area contributed by atoms with E-state index < -0.39 is 0 Å². The van der Waals surface area contributed by atoms with Crippen LogP contribution in [0.5, 0.6) is 0 Å². The van der Waals surface area contributed by atoms with Crippen molar-refractivity contribution in [3.63, 3.8) is 0 Å². The van der Waals surface area contributed by atoms with Crippen LogP contribution in [0.2, 0.25) is 0 Å². The lowest BCUT2D eigenvalue weighted by Crippen LogP contribution is -2.55. The van der Waals surface area contributed by atoms with E-state index in [-0.39, 0.29) is 11.1 Å². The molecule has 0 aliphatic heterocycles. The van der Waals surface area contributed by atoms with E-state index in [1.54, 1.807) is 0 Å². The Hall–Kier alpha value is -0.590. The lowest BCUT2D eigenvalue weighted by molar-refractivity contribution is 0.0572. The molecule has 0 amide bonds. The molecule has 98 valence electrons. The van der Waals surface area contributed by atoms with Gasteiger partial charge in [-0.25, -0.2) is 0 Å². The van der Waals surface area contributed by atoms with Crippen molar-refractivity contribution in [3.8, 4) is 6.07 Å². The quantitative estimate of drug-likeness (QED) is 0.816. The first kappa shape index (κ1) is 14.5. The van der Waals surface area contributed by atoms with E-state index >= 15 is 0 Å². The normalized spacial score (nSPS) is 30.3. The van der Waals surface area contributed by atoms with Gasteiger partial charge in [-0.3, -0.25) is 4.90 Å². The Balaban J connectivity index is 2.77. The van der Waals surface area contributed by atoms with Crippen molar-refractivity contribution < 1.29 is 0 Å². The highest BCUT2D eigenvalue weighted by molar-refractivity contribution is 5.11. The zero-order valence-corrected chi connectivity index (χ0v) is 12.0. The molecular weight excluding hydrogens is 210 g/mol. The summed E-state index contributed by atoms with van der Waals surface area (Å²) in [7, 11) is 4.12. The molecule has 3 heteroatoms. The van der Waals surface area contributed by atoms with Gasteiger partial charge in [-0.2, -0.15) is 5.26 Å². The molecule has 2 atom stereocenters. The van der Waals surface area contributed by atoms with Gasteiger partial charge in [0.2, 0.25) is 0 Å². The minimum Gasteiger partial charge on any atom is -0.302 e. The summed E-state index contributed by atoms with van der Waals surface area (Å²) in [6, 6.07) is 3.00. The van der Waals surface area contributed by atoms with Gasteiger partial charge in [0.05, 0.1) is 6.07 Å². The monoisotopic (exact) mass is 237 g/mol. The number of nitrogens with zero attached hydrogens (tertiary/aromatic N) is 2. The summed E-state index contributed by atoms with van der Waals surface area (Å²) in [6.07, 6.45) is 5.42. The molecule has 0 spiro atoms. The van der Waals surface area contributed by atoms with Crippen molar-refractivity contribution in [2.24, 2.45) is 0 Å². The fraction of sp³-hybridized carbons (Fsp3) is 0.929. The molecule has 0 saturated heterocycles. The second-order valence-corrected chi connectivity index (χ2v) is 5.97. The Bertz CT molecular complexity index is 292. The molecular formula is C14H27N3. The Kier molecular flexibility index (Phi) is 4.57. The molecule has 3 nitrogen and oxygen atoms in total. The highest BCUT2D eigenvalue weighted by atomic mass is 15.2. The van der Waals surface area contributed by atoms with E-state index in [2.05, 4.69) is 44.1 Å². The van der Waals surface area contributed by atoms with Crippen molar-refractivity contribution in [3.05, 3.63) is 0 Å². The SMILES string of the molecule is CCC(C)(C)N(C)C1CCCC(C#N)(NC)C1. The summed E-state index contributed by atoms with van der Waals surface area (Å²) >= 11 is 0. The van der Waals surface area contributed by atoms with Gasteiger partial charge in [-0.15, -0.1) is 0 Å². The lowest BCUT2D eigenvalue weighted by Gasteiger charge is -2.46. The van der Waals surface area contributed by atoms with Crippen LogP contribution in [-0.2, 0) is 0 Å². The molecule has 0 aromatic carbocycles. The highest BCUT2D eigenvalue weighted by Crippen LogP contribution is 2.33. The van der Waals surface area contributed by atoms with Gasteiger partial charge in [-0.05, 0) is 60.0 Å². The van der Waals surface area contributed by atoms with Crippen molar-refractivity contribution in [1.82, 2.24) is 10.2 Å². The van der Waals surface area contributed by atoms with Crippen molar-refractivity contribution >= 4 is 0 Å². The number of nitriles is 1. The summed E-state index contributed by atoms with van der Waals surface area (Å²) in [6.45, 7) is 6.80. The molecule has 1 aliphatic rings. The molecule has 0 aromatic rings. The molecule has 0 radical (unpaired) electrons. The molecule has 1 rings (SSSR count). The molecule has 17 heavy (non-hydrogen) atoms. The van der Waals surface area contributed by atoms with Gasteiger partial charge in [0, 0.05) is 11.6 Å². The third-order valence-electron chi connectivity index (χ3n) is 4.79. The second-order valence-electron chi connectivity index (χ2n) is 5.97. The van der Waals surface area contributed by atoms with E-state index in [9.17, 15) is 5.26 Å². The van der Waals surface area contributed by atoms with E-state index in [1.165, 1.54) is 6.42 Å². The van der Waals surface area contributed by atoms with Crippen LogP contribution in [0, 0.1) is 11.3 Å². The summed E-state index contributed by atoms with van der Waals surface area (Å²) in [5.41, 5.74) is -0.0854. The van der Waals surface area contributed by atoms with Crippen LogP contribution in [0.4, 0.5) is 0 Å². The van der Waals surface area contributed by atoms with Crippen LogP contribution in [0.25, 0.3) is 0 Å². The molecule has 1 aliphatic carbocycles. The standard InChI is InChI=1S/C14H27N3/c1-6-13(2,3)17(5)12-8-7-9-14(10-12,11-15)16-4/h12,16H,6-10H2,1-5H3. The van der Waals surface area contributed by atoms with E-state index in [0.29, 0.717) is 6.04 Å². The topological polar surface area (TPSA) is 39.1 Å². The molecule has 1 fully saturated rings. The fourth-order valence-electron chi connectivity index (χ4n) is 2.70. The van der Waals surface area contributed by atoms with Crippen LogP contribution in [-0.4, -0.2) is 36.1 Å². The molecule has 0 bridgehead atoms. The lowest BCUT2D eigenvalue weighted by atomic mass is 9.78.